The van der Waals surface area contributed by atoms with E-state index in [1.165, 1.54) is 13.0 Å². The molecule has 6 nitrogen and oxygen atoms in total. The van der Waals surface area contributed by atoms with Crippen LogP contribution in [0, 0.1) is 17.0 Å². The molecule has 1 aromatic carbocycles. The number of carboxylic acids is 1. The topological polar surface area (TPSA) is 101 Å². The molecule has 1 rings (SSSR count). The van der Waals surface area contributed by atoms with Gasteiger partial charge < -0.3 is 10.2 Å². The summed E-state index contributed by atoms with van der Waals surface area (Å²) in [5, 5.41) is 28.3. The van der Waals surface area contributed by atoms with E-state index >= 15 is 0 Å². The van der Waals surface area contributed by atoms with Gasteiger partial charge in [0, 0.05) is 5.56 Å². The molecule has 0 saturated heterocycles. The van der Waals surface area contributed by atoms with Gasteiger partial charge in [0.2, 0.25) is 5.75 Å². The average molecular weight is 197 g/mol. The van der Waals surface area contributed by atoms with Gasteiger partial charge >= 0.3 is 11.7 Å². The fraction of sp³-hybridized carbons (Fsp3) is 0.125. The molecule has 0 bridgehead atoms. The van der Waals surface area contributed by atoms with Crippen LogP contribution in [0.4, 0.5) is 5.69 Å². The van der Waals surface area contributed by atoms with Crippen molar-refractivity contribution in [3.05, 3.63) is 33.4 Å². The fourth-order valence-electron chi connectivity index (χ4n) is 1.08. The maximum absolute atomic E-state index is 10.5. The molecule has 0 spiro atoms. The first-order chi connectivity index (χ1) is 6.45. The van der Waals surface area contributed by atoms with Crippen LogP contribution in [-0.2, 0) is 0 Å². The molecule has 1 aromatic rings. The highest BCUT2D eigenvalue weighted by atomic mass is 16.6. The number of carboxylic acid groups (broad SMARTS) is 1. The van der Waals surface area contributed by atoms with E-state index in [0.29, 0.717) is 0 Å². The summed E-state index contributed by atoms with van der Waals surface area (Å²) in [4.78, 5) is 20.2. The summed E-state index contributed by atoms with van der Waals surface area (Å²) in [6.45, 7) is 1.42. The first kappa shape index (κ1) is 9.97. The van der Waals surface area contributed by atoms with Crippen LogP contribution in [0.5, 0.6) is 5.75 Å². The zero-order chi connectivity index (χ0) is 10.9. The minimum atomic E-state index is -1.40. The normalized spacial score (nSPS) is 9.79. The van der Waals surface area contributed by atoms with Crippen LogP contribution in [0.15, 0.2) is 12.1 Å². The van der Waals surface area contributed by atoms with Gasteiger partial charge in [0.1, 0.15) is 5.56 Å². The zero-order valence-electron chi connectivity index (χ0n) is 7.22. The Hall–Kier alpha value is -2.11. The summed E-state index contributed by atoms with van der Waals surface area (Å²) in [5.41, 5.74) is -0.815. The second-order valence-electron chi connectivity index (χ2n) is 2.69. The number of benzene rings is 1. The van der Waals surface area contributed by atoms with Crippen LogP contribution < -0.4 is 0 Å². The Morgan fingerprint density at radius 2 is 2.07 bits per heavy atom. The van der Waals surface area contributed by atoms with Crippen LogP contribution in [0.3, 0.4) is 0 Å². The standard InChI is InChI=1S/C8H7NO5/c1-4-2-3-5(8(11)12)7(10)6(4)9(13)14/h2-3,10H,1H3,(H,11,12). The summed E-state index contributed by atoms with van der Waals surface area (Å²) in [6, 6.07) is 2.40. The van der Waals surface area contributed by atoms with Gasteiger partial charge in [0.15, 0.2) is 0 Å². The van der Waals surface area contributed by atoms with E-state index in [1.807, 2.05) is 0 Å². The smallest absolute Gasteiger partial charge is 0.339 e. The van der Waals surface area contributed by atoms with Crippen LogP contribution in [0.2, 0.25) is 0 Å². The lowest BCUT2D eigenvalue weighted by molar-refractivity contribution is -0.386. The number of aromatic hydroxyl groups is 1. The molecular formula is C8H7NO5. The van der Waals surface area contributed by atoms with Gasteiger partial charge in [0.25, 0.3) is 0 Å². The molecule has 0 amide bonds. The van der Waals surface area contributed by atoms with Gasteiger partial charge in [-0.1, -0.05) is 6.07 Å². The highest BCUT2D eigenvalue weighted by Crippen LogP contribution is 2.32. The molecule has 0 saturated carbocycles. The van der Waals surface area contributed by atoms with Crippen molar-refractivity contribution in [3.63, 3.8) is 0 Å². The van der Waals surface area contributed by atoms with Gasteiger partial charge in [-0.15, -0.1) is 0 Å². The van der Waals surface area contributed by atoms with Gasteiger partial charge in [-0.2, -0.15) is 0 Å². The predicted molar refractivity (Wildman–Crippen MR) is 46.5 cm³/mol. The van der Waals surface area contributed by atoms with Crippen molar-refractivity contribution in [1.29, 1.82) is 0 Å². The number of nitro benzene ring substituents is 1. The molecule has 0 unspecified atom stereocenters. The lowest BCUT2D eigenvalue weighted by Crippen LogP contribution is -2.00. The maximum Gasteiger partial charge on any atom is 0.339 e. The zero-order valence-corrected chi connectivity index (χ0v) is 7.22. The third-order valence-corrected chi connectivity index (χ3v) is 1.77. The van der Waals surface area contributed by atoms with E-state index in [9.17, 15) is 20.0 Å². The van der Waals surface area contributed by atoms with Crippen molar-refractivity contribution >= 4 is 11.7 Å². The number of nitro groups is 1. The van der Waals surface area contributed by atoms with E-state index < -0.39 is 27.9 Å². The van der Waals surface area contributed by atoms with Crippen LogP contribution in [-0.4, -0.2) is 21.1 Å². The number of carbonyl (C=O) groups is 1. The lowest BCUT2D eigenvalue weighted by atomic mass is 10.1. The van der Waals surface area contributed by atoms with Crippen molar-refractivity contribution in [2.24, 2.45) is 0 Å². The lowest BCUT2D eigenvalue weighted by Gasteiger charge is -2.02. The quantitative estimate of drug-likeness (QED) is 0.549. The number of phenols is 1. The van der Waals surface area contributed by atoms with Crippen molar-refractivity contribution in [1.82, 2.24) is 0 Å². The molecule has 2 N–H and O–H groups in total. The van der Waals surface area contributed by atoms with E-state index in [4.69, 9.17) is 5.11 Å². The number of hydrogen-bond donors (Lipinski definition) is 2. The first-order valence-corrected chi connectivity index (χ1v) is 3.65. The third kappa shape index (κ3) is 1.49. The third-order valence-electron chi connectivity index (χ3n) is 1.77. The molecular weight excluding hydrogens is 190 g/mol. The van der Waals surface area contributed by atoms with Crippen molar-refractivity contribution in [3.8, 4) is 5.75 Å². The second-order valence-corrected chi connectivity index (χ2v) is 2.69. The number of nitrogens with zero attached hydrogens (tertiary/aromatic N) is 1. The minimum Gasteiger partial charge on any atom is -0.501 e. The molecule has 0 aromatic heterocycles. The summed E-state index contributed by atoms with van der Waals surface area (Å²) in [5.74, 6) is -2.20. The Labute approximate surface area is 78.6 Å². The number of rotatable bonds is 2. The summed E-state index contributed by atoms with van der Waals surface area (Å²) >= 11 is 0. The summed E-state index contributed by atoms with van der Waals surface area (Å²) in [6.07, 6.45) is 0. The molecule has 14 heavy (non-hydrogen) atoms. The monoisotopic (exact) mass is 197 g/mol. The first-order valence-electron chi connectivity index (χ1n) is 3.65. The highest BCUT2D eigenvalue weighted by molar-refractivity contribution is 5.92. The molecule has 0 heterocycles. The number of aromatic carboxylic acids is 1. The Morgan fingerprint density at radius 1 is 1.50 bits per heavy atom. The highest BCUT2D eigenvalue weighted by Gasteiger charge is 2.23. The minimum absolute atomic E-state index is 0.220. The maximum atomic E-state index is 10.5. The molecule has 0 atom stereocenters. The Morgan fingerprint density at radius 3 is 2.50 bits per heavy atom. The van der Waals surface area contributed by atoms with Gasteiger partial charge in [-0.25, -0.2) is 4.79 Å². The Balaban J connectivity index is 3.49. The van der Waals surface area contributed by atoms with Gasteiger partial charge in [-0.3, -0.25) is 10.1 Å². The Bertz CT molecular complexity index is 412. The largest absolute Gasteiger partial charge is 0.501 e. The van der Waals surface area contributed by atoms with Crippen LogP contribution in [0.1, 0.15) is 15.9 Å². The van der Waals surface area contributed by atoms with E-state index in [-0.39, 0.29) is 5.56 Å². The molecule has 0 aliphatic carbocycles. The number of hydrogen-bond acceptors (Lipinski definition) is 4. The van der Waals surface area contributed by atoms with Crippen LogP contribution >= 0.6 is 0 Å². The molecule has 0 fully saturated rings. The van der Waals surface area contributed by atoms with E-state index in [1.54, 1.807) is 0 Å². The molecule has 0 aliphatic rings. The summed E-state index contributed by atoms with van der Waals surface area (Å²) in [7, 11) is 0. The molecule has 0 radical (unpaired) electrons. The Kier molecular flexibility index (Phi) is 2.37. The van der Waals surface area contributed by atoms with Crippen LogP contribution in [0.25, 0.3) is 0 Å². The number of aryl methyl sites for hydroxylation is 1. The van der Waals surface area contributed by atoms with Gasteiger partial charge in [0.05, 0.1) is 4.92 Å². The summed E-state index contributed by atoms with van der Waals surface area (Å²) < 4.78 is 0. The SMILES string of the molecule is Cc1ccc(C(=O)O)c(O)c1[N+](=O)[O-]. The van der Waals surface area contributed by atoms with E-state index in [0.717, 1.165) is 6.07 Å². The predicted octanol–water partition coefficient (Wildman–Crippen LogP) is 1.31. The van der Waals surface area contributed by atoms with Gasteiger partial charge in [-0.05, 0) is 13.0 Å². The van der Waals surface area contributed by atoms with Crippen molar-refractivity contribution in [2.75, 3.05) is 0 Å². The molecule has 6 heteroatoms. The van der Waals surface area contributed by atoms with E-state index in [2.05, 4.69) is 0 Å². The average Bonchev–Trinajstić information content (AvgIpc) is 2.02. The second kappa shape index (κ2) is 3.33. The fourth-order valence-corrected chi connectivity index (χ4v) is 1.08. The van der Waals surface area contributed by atoms with Crippen molar-refractivity contribution < 1.29 is 19.9 Å². The molecule has 0 aliphatic heterocycles. The van der Waals surface area contributed by atoms with Crippen molar-refractivity contribution in [2.45, 2.75) is 6.92 Å². The molecule has 74 valence electrons.